The fourth-order valence-corrected chi connectivity index (χ4v) is 4.93. The van der Waals surface area contributed by atoms with Crippen LogP contribution in [0.5, 0.6) is 0 Å². The van der Waals surface area contributed by atoms with E-state index in [1.54, 1.807) is 0 Å². The van der Waals surface area contributed by atoms with E-state index >= 15 is 0 Å². The summed E-state index contributed by atoms with van der Waals surface area (Å²) >= 11 is 2.74. The topological polar surface area (TPSA) is 96.0 Å². The summed E-state index contributed by atoms with van der Waals surface area (Å²) in [4.78, 5) is 24.0. The lowest BCUT2D eigenvalue weighted by Crippen LogP contribution is -2.23. The number of amides is 2. The van der Waals surface area contributed by atoms with Gasteiger partial charge in [-0.3, -0.25) is 9.59 Å². The molecule has 0 aliphatic carbocycles. The molecule has 0 saturated heterocycles. The van der Waals surface area contributed by atoms with Crippen LogP contribution in [0.4, 0.5) is 22.2 Å². The molecule has 3 N–H and O–H groups in total. The molecular weight excluding hydrogens is 442 g/mol. The van der Waals surface area contributed by atoms with Crippen molar-refractivity contribution in [1.82, 2.24) is 10.2 Å². The molecule has 168 valence electrons. The van der Waals surface area contributed by atoms with Crippen molar-refractivity contribution in [3.8, 4) is 0 Å². The van der Waals surface area contributed by atoms with Crippen molar-refractivity contribution >= 4 is 57.1 Å². The van der Waals surface area contributed by atoms with Gasteiger partial charge in [0.15, 0.2) is 4.34 Å². The van der Waals surface area contributed by atoms with E-state index in [0.717, 1.165) is 23.4 Å². The summed E-state index contributed by atoms with van der Waals surface area (Å²) in [5, 5.41) is 17.6. The van der Waals surface area contributed by atoms with Crippen LogP contribution in [0.15, 0.2) is 52.9 Å². The number of hydrogen-bond acceptors (Lipinski definition) is 7. The van der Waals surface area contributed by atoms with Crippen LogP contribution in [0, 0.1) is 0 Å². The zero-order valence-corrected chi connectivity index (χ0v) is 20.1. The van der Waals surface area contributed by atoms with E-state index in [-0.39, 0.29) is 17.1 Å². The van der Waals surface area contributed by atoms with E-state index in [2.05, 4.69) is 46.1 Å². The molecule has 0 radical (unpaired) electrons. The molecule has 0 spiro atoms. The largest absolute Gasteiger partial charge is 0.330 e. The van der Waals surface area contributed by atoms with Crippen LogP contribution in [-0.4, -0.2) is 27.3 Å². The van der Waals surface area contributed by atoms with Gasteiger partial charge in [0.25, 0.3) is 0 Å². The lowest BCUT2D eigenvalue weighted by atomic mass is 9.97. The van der Waals surface area contributed by atoms with Gasteiger partial charge in [-0.25, -0.2) is 0 Å². The highest BCUT2D eigenvalue weighted by molar-refractivity contribution is 8.02. The second kappa shape index (κ2) is 11.1. The van der Waals surface area contributed by atoms with Crippen LogP contribution in [0.3, 0.4) is 0 Å². The lowest BCUT2D eigenvalue weighted by Gasteiger charge is -2.17. The SMILES string of the molecule is CCC(C)c1ccccc1NC(=O)C(C)Sc1nnc(Nc2cccc(NC(C)=O)c2)s1. The number of thioether (sulfide) groups is 1. The van der Waals surface area contributed by atoms with Gasteiger partial charge in [-0.15, -0.1) is 10.2 Å². The highest BCUT2D eigenvalue weighted by Gasteiger charge is 2.19. The summed E-state index contributed by atoms with van der Waals surface area (Å²) in [5.41, 5.74) is 3.49. The second-order valence-electron chi connectivity index (χ2n) is 7.41. The van der Waals surface area contributed by atoms with Crippen molar-refractivity contribution in [2.24, 2.45) is 0 Å². The first-order chi connectivity index (χ1) is 15.4. The fraction of sp³-hybridized carbons (Fsp3) is 0.304. The number of para-hydroxylation sites is 1. The molecule has 0 saturated carbocycles. The number of nitrogens with zero attached hydrogens (tertiary/aromatic N) is 2. The van der Waals surface area contributed by atoms with E-state index in [4.69, 9.17) is 0 Å². The third kappa shape index (κ3) is 6.54. The molecule has 32 heavy (non-hydrogen) atoms. The fourth-order valence-electron chi connectivity index (χ4n) is 3.01. The summed E-state index contributed by atoms with van der Waals surface area (Å²) in [6.45, 7) is 7.62. The first-order valence-corrected chi connectivity index (χ1v) is 12.1. The highest BCUT2D eigenvalue weighted by atomic mass is 32.2. The Bertz CT molecular complexity index is 1090. The molecule has 9 heteroatoms. The van der Waals surface area contributed by atoms with Gasteiger partial charge in [0.1, 0.15) is 0 Å². The standard InChI is InChI=1S/C23H27N5O2S2/c1-5-14(2)19-11-6-7-12-20(19)26-21(30)15(3)31-23-28-27-22(32-23)25-18-10-8-9-17(13-18)24-16(4)29/h6-15H,5H2,1-4H3,(H,24,29)(H,25,27)(H,26,30). The molecule has 7 nitrogen and oxygen atoms in total. The maximum Gasteiger partial charge on any atom is 0.237 e. The second-order valence-corrected chi connectivity index (χ2v) is 9.97. The molecule has 3 aromatic rings. The Morgan fingerprint density at radius 2 is 1.78 bits per heavy atom. The van der Waals surface area contributed by atoms with Crippen molar-refractivity contribution in [3.63, 3.8) is 0 Å². The van der Waals surface area contributed by atoms with Crippen LogP contribution in [0.1, 0.15) is 45.6 Å². The lowest BCUT2D eigenvalue weighted by molar-refractivity contribution is -0.115. The van der Waals surface area contributed by atoms with Gasteiger partial charge in [-0.1, -0.05) is 61.2 Å². The predicted molar refractivity (Wildman–Crippen MR) is 133 cm³/mol. The molecular formula is C23H27N5O2S2. The molecule has 0 fully saturated rings. The summed E-state index contributed by atoms with van der Waals surface area (Å²) < 4.78 is 0.698. The van der Waals surface area contributed by atoms with Crippen LogP contribution in [0.2, 0.25) is 0 Å². The number of nitrogens with one attached hydrogen (secondary N) is 3. The van der Waals surface area contributed by atoms with E-state index < -0.39 is 0 Å². The van der Waals surface area contributed by atoms with Gasteiger partial charge in [0.2, 0.25) is 16.9 Å². The average Bonchev–Trinajstić information content (AvgIpc) is 3.19. The summed E-state index contributed by atoms with van der Waals surface area (Å²) in [5.74, 6) is 0.171. The Kier molecular flexibility index (Phi) is 8.24. The Balaban J connectivity index is 1.61. The molecule has 1 aromatic heterocycles. The zero-order chi connectivity index (χ0) is 23.1. The normalized spacial score (nSPS) is 12.6. The number of carbonyl (C=O) groups is 2. The maximum absolute atomic E-state index is 12.8. The number of benzene rings is 2. The van der Waals surface area contributed by atoms with Crippen LogP contribution < -0.4 is 16.0 Å². The number of hydrogen-bond donors (Lipinski definition) is 3. The van der Waals surface area contributed by atoms with E-state index in [0.29, 0.717) is 21.1 Å². The van der Waals surface area contributed by atoms with Gasteiger partial charge >= 0.3 is 0 Å². The number of aromatic nitrogens is 2. The summed E-state index contributed by atoms with van der Waals surface area (Å²) in [6.07, 6.45) is 1.01. The Morgan fingerprint density at radius 3 is 2.53 bits per heavy atom. The first-order valence-electron chi connectivity index (χ1n) is 10.4. The Hall–Kier alpha value is -2.91. The third-order valence-electron chi connectivity index (χ3n) is 4.85. The molecule has 3 rings (SSSR count). The monoisotopic (exact) mass is 469 g/mol. The van der Waals surface area contributed by atoms with Gasteiger partial charge < -0.3 is 16.0 Å². The zero-order valence-electron chi connectivity index (χ0n) is 18.5. The minimum Gasteiger partial charge on any atom is -0.330 e. The first kappa shape index (κ1) is 23.7. The summed E-state index contributed by atoms with van der Waals surface area (Å²) in [7, 11) is 0. The van der Waals surface area contributed by atoms with Crippen molar-refractivity contribution in [3.05, 3.63) is 54.1 Å². The minimum atomic E-state index is -0.330. The maximum atomic E-state index is 12.8. The number of rotatable bonds is 9. The van der Waals surface area contributed by atoms with Crippen molar-refractivity contribution in [1.29, 1.82) is 0 Å². The van der Waals surface area contributed by atoms with Gasteiger partial charge in [-0.05, 0) is 49.1 Å². The minimum absolute atomic E-state index is 0.0709. The highest BCUT2D eigenvalue weighted by Crippen LogP contribution is 2.32. The van der Waals surface area contributed by atoms with E-state index in [1.807, 2.05) is 49.4 Å². The summed E-state index contributed by atoms with van der Waals surface area (Å²) in [6, 6.07) is 15.3. The van der Waals surface area contributed by atoms with Crippen LogP contribution >= 0.6 is 23.1 Å². The Morgan fingerprint density at radius 1 is 1.03 bits per heavy atom. The predicted octanol–water partition coefficient (Wildman–Crippen LogP) is 5.87. The number of anilines is 4. The van der Waals surface area contributed by atoms with Crippen molar-refractivity contribution < 1.29 is 9.59 Å². The quantitative estimate of drug-likeness (QED) is 0.339. The van der Waals surface area contributed by atoms with Crippen molar-refractivity contribution in [2.75, 3.05) is 16.0 Å². The molecule has 0 aliphatic rings. The smallest absolute Gasteiger partial charge is 0.237 e. The van der Waals surface area contributed by atoms with E-state index in [9.17, 15) is 9.59 Å². The molecule has 2 aromatic carbocycles. The van der Waals surface area contributed by atoms with E-state index in [1.165, 1.54) is 30.0 Å². The Labute approximate surface area is 196 Å². The van der Waals surface area contributed by atoms with Gasteiger partial charge in [-0.2, -0.15) is 0 Å². The molecule has 2 amide bonds. The van der Waals surface area contributed by atoms with Crippen molar-refractivity contribution in [2.45, 2.75) is 49.6 Å². The van der Waals surface area contributed by atoms with Gasteiger partial charge in [0, 0.05) is 24.0 Å². The molecule has 2 atom stereocenters. The third-order valence-corrected chi connectivity index (χ3v) is 6.87. The average molecular weight is 470 g/mol. The molecule has 2 unspecified atom stereocenters. The molecule has 0 bridgehead atoms. The number of carbonyl (C=O) groups excluding carboxylic acids is 2. The van der Waals surface area contributed by atoms with Crippen LogP contribution in [0.25, 0.3) is 0 Å². The van der Waals surface area contributed by atoms with Crippen LogP contribution in [-0.2, 0) is 9.59 Å². The molecule has 0 aliphatic heterocycles. The molecule has 1 heterocycles. The van der Waals surface area contributed by atoms with Gasteiger partial charge in [0.05, 0.1) is 5.25 Å².